The van der Waals surface area contributed by atoms with Crippen LogP contribution >= 0.6 is 0 Å². The van der Waals surface area contributed by atoms with Gasteiger partial charge in [0.2, 0.25) is 0 Å². The van der Waals surface area contributed by atoms with Crippen LogP contribution in [0, 0.1) is 0 Å². The number of benzene rings is 1. The molecule has 0 saturated carbocycles. The molecule has 0 heterocycles. The third-order valence-corrected chi connectivity index (χ3v) is 3.35. The van der Waals surface area contributed by atoms with E-state index in [1.807, 2.05) is 6.92 Å². The molecule has 0 aromatic heterocycles. The molecule has 1 unspecified atom stereocenters. The summed E-state index contributed by atoms with van der Waals surface area (Å²) in [7, 11) is 0.914. The SMILES string of the molecule is CCCOc1cccc(C(CC(F)(C(F)(F)F)C(F)(F)F)OC)c1. The molecule has 1 rings (SSSR count). The minimum atomic E-state index is -6.11. The van der Waals surface area contributed by atoms with Crippen LogP contribution < -0.4 is 4.74 Å². The van der Waals surface area contributed by atoms with E-state index < -0.39 is 30.5 Å². The van der Waals surface area contributed by atoms with Gasteiger partial charge in [0.25, 0.3) is 0 Å². The van der Waals surface area contributed by atoms with Gasteiger partial charge in [0.05, 0.1) is 12.7 Å². The lowest BCUT2D eigenvalue weighted by Gasteiger charge is -2.32. The van der Waals surface area contributed by atoms with Gasteiger partial charge in [-0.05, 0) is 24.1 Å². The molecule has 0 radical (unpaired) electrons. The molecule has 0 aliphatic heterocycles. The van der Waals surface area contributed by atoms with Crippen molar-refractivity contribution in [2.45, 2.75) is 43.9 Å². The third-order valence-electron chi connectivity index (χ3n) is 3.35. The third kappa shape index (κ3) is 4.52. The number of rotatable bonds is 7. The Labute approximate surface area is 134 Å². The maximum atomic E-state index is 13.9. The van der Waals surface area contributed by atoms with Crippen LogP contribution in [0.15, 0.2) is 24.3 Å². The predicted octanol–water partition coefficient (Wildman–Crippen LogP) is 5.39. The fourth-order valence-electron chi connectivity index (χ4n) is 2.01. The van der Waals surface area contributed by atoms with E-state index in [9.17, 15) is 30.7 Å². The number of alkyl halides is 7. The van der Waals surface area contributed by atoms with E-state index in [1.165, 1.54) is 24.3 Å². The van der Waals surface area contributed by atoms with E-state index >= 15 is 0 Å². The van der Waals surface area contributed by atoms with Crippen molar-refractivity contribution in [3.63, 3.8) is 0 Å². The average Bonchev–Trinajstić information content (AvgIpc) is 2.48. The summed E-state index contributed by atoms with van der Waals surface area (Å²) in [5, 5.41) is 0. The van der Waals surface area contributed by atoms with Gasteiger partial charge >= 0.3 is 18.0 Å². The molecule has 0 amide bonds. The van der Waals surface area contributed by atoms with Crippen LogP contribution in [-0.4, -0.2) is 31.7 Å². The fourth-order valence-corrected chi connectivity index (χ4v) is 2.01. The molecule has 2 nitrogen and oxygen atoms in total. The van der Waals surface area contributed by atoms with E-state index in [1.54, 1.807) is 0 Å². The molecule has 1 aromatic carbocycles. The molecule has 0 spiro atoms. The number of hydrogen-bond donors (Lipinski definition) is 0. The summed E-state index contributed by atoms with van der Waals surface area (Å²) < 4.78 is 99.9. The zero-order valence-electron chi connectivity index (χ0n) is 13.0. The first-order valence-corrected chi connectivity index (χ1v) is 7.04. The molecular formula is C15H17F7O2. The van der Waals surface area contributed by atoms with Crippen LogP contribution in [0.2, 0.25) is 0 Å². The highest BCUT2D eigenvalue weighted by atomic mass is 19.4. The molecule has 1 aromatic rings. The van der Waals surface area contributed by atoms with Crippen LogP contribution in [0.3, 0.4) is 0 Å². The lowest BCUT2D eigenvalue weighted by Crippen LogP contribution is -2.54. The monoisotopic (exact) mass is 362 g/mol. The van der Waals surface area contributed by atoms with Gasteiger partial charge in [-0.3, -0.25) is 0 Å². The second kappa shape index (κ2) is 7.58. The van der Waals surface area contributed by atoms with Gasteiger partial charge in [0, 0.05) is 13.5 Å². The summed E-state index contributed by atoms with van der Waals surface area (Å²) >= 11 is 0. The molecule has 0 aliphatic rings. The number of ether oxygens (including phenoxy) is 2. The molecule has 0 aliphatic carbocycles. The largest absolute Gasteiger partial charge is 0.494 e. The fraction of sp³-hybridized carbons (Fsp3) is 0.600. The van der Waals surface area contributed by atoms with Gasteiger partial charge < -0.3 is 9.47 Å². The smallest absolute Gasteiger partial charge is 0.431 e. The van der Waals surface area contributed by atoms with E-state index in [4.69, 9.17) is 4.74 Å². The maximum absolute atomic E-state index is 13.9. The summed E-state index contributed by atoms with van der Waals surface area (Å²) in [6.45, 7) is 2.14. The first-order valence-electron chi connectivity index (χ1n) is 7.04. The summed E-state index contributed by atoms with van der Waals surface area (Å²) in [5.41, 5.74) is -5.41. The highest BCUT2D eigenvalue weighted by Gasteiger charge is 2.72. The van der Waals surface area contributed by atoms with E-state index in [0.717, 1.165) is 7.11 Å². The maximum Gasteiger partial charge on any atom is 0.431 e. The highest BCUT2D eigenvalue weighted by molar-refractivity contribution is 5.30. The van der Waals surface area contributed by atoms with Crippen molar-refractivity contribution in [1.29, 1.82) is 0 Å². The van der Waals surface area contributed by atoms with Gasteiger partial charge in [-0.1, -0.05) is 19.1 Å². The minimum Gasteiger partial charge on any atom is -0.494 e. The molecule has 0 N–H and O–H groups in total. The van der Waals surface area contributed by atoms with Crippen molar-refractivity contribution in [1.82, 2.24) is 0 Å². The van der Waals surface area contributed by atoms with Crippen molar-refractivity contribution < 1.29 is 40.2 Å². The Morgan fingerprint density at radius 2 is 1.58 bits per heavy atom. The zero-order chi connectivity index (χ0) is 18.6. The number of methoxy groups -OCH3 is 1. The van der Waals surface area contributed by atoms with Crippen LogP contribution in [0.4, 0.5) is 30.7 Å². The second-order valence-electron chi connectivity index (χ2n) is 5.15. The molecule has 1 atom stereocenters. The van der Waals surface area contributed by atoms with Gasteiger partial charge in [-0.25, -0.2) is 4.39 Å². The molecule has 24 heavy (non-hydrogen) atoms. The average molecular weight is 362 g/mol. The summed E-state index contributed by atoms with van der Waals surface area (Å²) in [6, 6.07) is 5.35. The lowest BCUT2D eigenvalue weighted by molar-refractivity contribution is -0.348. The zero-order valence-corrected chi connectivity index (χ0v) is 13.0. The van der Waals surface area contributed by atoms with Crippen molar-refractivity contribution in [2.24, 2.45) is 0 Å². The molecular weight excluding hydrogens is 345 g/mol. The number of hydrogen-bond acceptors (Lipinski definition) is 2. The second-order valence-corrected chi connectivity index (χ2v) is 5.15. The van der Waals surface area contributed by atoms with E-state index in [2.05, 4.69) is 4.74 Å². The summed E-state index contributed by atoms with van der Waals surface area (Å²) in [4.78, 5) is 0. The molecule has 0 saturated heterocycles. The van der Waals surface area contributed by atoms with Crippen LogP contribution in [0.1, 0.15) is 31.4 Å². The first-order chi connectivity index (χ1) is 11.0. The molecule has 138 valence electrons. The summed E-state index contributed by atoms with van der Waals surface area (Å²) in [5.74, 6) is 0.250. The Balaban J connectivity index is 3.13. The molecule has 0 bridgehead atoms. The van der Waals surface area contributed by atoms with Crippen molar-refractivity contribution in [3.8, 4) is 5.75 Å². The normalized spacial score (nSPS) is 14.5. The highest BCUT2D eigenvalue weighted by Crippen LogP contribution is 2.51. The molecule has 0 fully saturated rings. The lowest BCUT2D eigenvalue weighted by atomic mass is 9.92. The minimum absolute atomic E-state index is 0.0402. The van der Waals surface area contributed by atoms with Crippen LogP contribution in [0.25, 0.3) is 0 Å². The standard InChI is InChI=1S/C15H17F7O2/c1-3-7-24-11-6-4-5-10(8-11)12(23-2)9-13(16,14(17,18)19)15(20,21)22/h4-6,8,12H,3,7,9H2,1-2H3. The van der Waals surface area contributed by atoms with E-state index in [-0.39, 0.29) is 11.3 Å². The Morgan fingerprint density at radius 1 is 1.00 bits per heavy atom. The Morgan fingerprint density at radius 3 is 2.04 bits per heavy atom. The van der Waals surface area contributed by atoms with Crippen molar-refractivity contribution in [3.05, 3.63) is 29.8 Å². The number of halogens is 7. The van der Waals surface area contributed by atoms with Gasteiger partial charge in [-0.15, -0.1) is 0 Å². The Kier molecular flexibility index (Phi) is 6.49. The Bertz CT molecular complexity index is 511. The van der Waals surface area contributed by atoms with Crippen LogP contribution in [-0.2, 0) is 4.74 Å². The van der Waals surface area contributed by atoms with Crippen molar-refractivity contribution in [2.75, 3.05) is 13.7 Å². The molecule has 9 heteroatoms. The first kappa shape index (κ1) is 20.5. The predicted molar refractivity (Wildman–Crippen MR) is 72.5 cm³/mol. The van der Waals surface area contributed by atoms with E-state index in [0.29, 0.717) is 13.0 Å². The quantitative estimate of drug-likeness (QED) is 0.606. The topological polar surface area (TPSA) is 18.5 Å². The van der Waals surface area contributed by atoms with Gasteiger partial charge in [-0.2, -0.15) is 26.3 Å². The summed E-state index contributed by atoms with van der Waals surface area (Å²) in [6.07, 6.45) is -15.2. The van der Waals surface area contributed by atoms with Gasteiger partial charge in [0.15, 0.2) is 0 Å². The van der Waals surface area contributed by atoms with Crippen molar-refractivity contribution >= 4 is 0 Å². The van der Waals surface area contributed by atoms with Crippen LogP contribution in [0.5, 0.6) is 5.75 Å². The Hall–Kier alpha value is -1.51. The van der Waals surface area contributed by atoms with Gasteiger partial charge in [0.1, 0.15) is 5.75 Å².